The van der Waals surface area contributed by atoms with Gasteiger partial charge in [0.15, 0.2) is 5.82 Å². The molecule has 0 fully saturated rings. The number of rotatable bonds is 12. The third-order valence-electron chi connectivity index (χ3n) is 14.6. The molecule has 9 aromatic carbocycles. The lowest BCUT2D eigenvalue weighted by Crippen LogP contribution is -2.29. The van der Waals surface area contributed by atoms with Crippen molar-refractivity contribution in [2.24, 2.45) is 0 Å². The van der Waals surface area contributed by atoms with Crippen LogP contribution in [0.3, 0.4) is 0 Å². The highest BCUT2D eigenvalue weighted by Gasteiger charge is 2.35. The molecular weight excluding hydrogens is 943 g/mol. The van der Waals surface area contributed by atoms with Crippen LogP contribution in [0.4, 0.5) is 22.7 Å². The number of hydrogen-bond acceptors (Lipinski definition) is 7. The van der Waals surface area contributed by atoms with Gasteiger partial charge >= 0.3 is 0 Å². The smallest absolute Gasteiger partial charge is 0.167 e. The molecule has 4 heterocycles. The molecule has 0 aliphatic carbocycles. The van der Waals surface area contributed by atoms with E-state index in [0.717, 1.165) is 32.9 Å². The quantitative estimate of drug-likeness (QED) is 0.121. The molecule has 0 saturated heterocycles. The fourth-order valence-electron chi connectivity index (χ4n) is 10.5. The average molecular weight is 1010 g/mol. The Kier molecular flexibility index (Phi) is 9.28. The first kappa shape index (κ1) is 37.1. The van der Waals surface area contributed by atoms with E-state index in [4.69, 9.17) is 32.9 Å². The first-order valence-corrected chi connectivity index (χ1v) is 25.4. The number of para-hydroxylation sites is 4. The van der Waals surface area contributed by atoms with E-state index in [1.165, 1.54) is 0 Å². The molecule has 8 nitrogen and oxygen atoms in total. The zero-order valence-corrected chi connectivity index (χ0v) is 42.6. The Bertz CT molecular complexity index is 4520. The number of hydrogen-bond donors (Lipinski definition) is 0. The molecule has 8 heteroatoms. The van der Waals surface area contributed by atoms with Crippen molar-refractivity contribution < 1.29 is 18.4 Å². The third-order valence-corrected chi connectivity index (χ3v) is 14.6. The van der Waals surface area contributed by atoms with Crippen molar-refractivity contribution >= 4 is 44.6 Å². The van der Waals surface area contributed by atoms with E-state index in [2.05, 4.69) is 74.7 Å². The molecule has 0 amide bonds. The van der Waals surface area contributed by atoms with Gasteiger partial charge in [-0.1, -0.05) is 182 Å². The van der Waals surface area contributed by atoms with E-state index in [1.54, 1.807) is 24.4 Å². The maximum absolute atomic E-state index is 9.19. The summed E-state index contributed by atoms with van der Waals surface area (Å²) >= 11 is 0. The average Bonchev–Trinajstić information content (AvgIpc) is 1.85. The van der Waals surface area contributed by atoms with E-state index in [9.17, 15) is 5.48 Å². The van der Waals surface area contributed by atoms with Crippen LogP contribution in [0.25, 0.3) is 61.3 Å². The second kappa shape index (κ2) is 19.2. The second-order valence-corrected chi connectivity index (χ2v) is 20.0. The van der Waals surface area contributed by atoms with E-state index in [1.807, 2.05) is 131 Å². The van der Waals surface area contributed by atoms with Crippen molar-refractivity contribution in [3.05, 3.63) is 271 Å². The molecule has 0 atom stereocenters. The Labute approximate surface area is 463 Å². The SMILES string of the molecule is [2H]c1c([2H])c([2H])c(-c2cccc(-c3c([2H])c([2H])c([2H])c([2H])c3[2H])c2N2CN(c3cccc(Oc4cc5c(cc4-c4nc(C(C)(C)c6ccccc6)nc(C(C)(C)c6ccccc6)n4)c4ccccc4n5-c4ccccn4)c3)c3ccccc32)c([2H])c1[2H]. The summed E-state index contributed by atoms with van der Waals surface area (Å²) in [6, 6.07) is 53.4. The highest BCUT2D eigenvalue weighted by atomic mass is 16.5. The molecule has 0 radical (unpaired) electrons. The number of aromatic nitrogens is 5. The predicted octanol–water partition coefficient (Wildman–Crippen LogP) is 17.1. The van der Waals surface area contributed by atoms with Crippen LogP contribution in [-0.4, -0.2) is 31.2 Å². The van der Waals surface area contributed by atoms with Crippen LogP contribution in [0.5, 0.6) is 11.5 Å². The van der Waals surface area contributed by atoms with E-state index < -0.39 is 71.3 Å². The minimum Gasteiger partial charge on any atom is -0.456 e. The Morgan fingerprint density at radius 3 is 1.68 bits per heavy atom. The number of benzene rings is 9. The lowest BCUT2D eigenvalue weighted by atomic mass is 9.82. The summed E-state index contributed by atoms with van der Waals surface area (Å²) < 4.78 is 97.9. The number of fused-ring (bicyclic) bond motifs is 4. The molecule has 0 saturated carbocycles. The van der Waals surface area contributed by atoms with Gasteiger partial charge in [0.05, 0.1) is 47.4 Å². The Balaban J connectivity index is 1.00. The van der Waals surface area contributed by atoms with Crippen LogP contribution in [0.15, 0.2) is 249 Å². The normalized spacial score (nSPS) is 14.4. The van der Waals surface area contributed by atoms with Crippen LogP contribution in [-0.2, 0) is 10.8 Å². The second-order valence-electron chi connectivity index (χ2n) is 20.0. The van der Waals surface area contributed by atoms with Gasteiger partial charge in [-0.3, -0.25) is 4.57 Å². The van der Waals surface area contributed by atoms with E-state index >= 15 is 0 Å². The lowest BCUT2D eigenvalue weighted by Gasteiger charge is -2.29. The van der Waals surface area contributed by atoms with Crippen molar-refractivity contribution in [1.29, 1.82) is 0 Å². The zero-order chi connectivity index (χ0) is 60.8. The summed E-state index contributed by atoms with van der Waals surface area (Å²) in [5, 5.41) is 1.90. The predicted molar refractivity (Wildman–Crippen MR) is 314 cm³/mol. The van der Waals surface area contributed by atoms with Crippen LogP contribution in [0.1, 0.15) is 64.2 Å². The molecule has 0 bridgehead atoms. The third kappa shape index (κ3) is 8.44. The van der Waals surface area contributed by atoms with Gasteiger partial charge in [-0.2, -0.15) is 0 Å². The lowest BCUT2D eigenvalue weighted by molar-refractivity contribution is 0.484. The van der Waals surface area contributed by atoms with Gasteiger partial charge < -0.3 is 14.5 Å². The maximum Gasteiger partial charge on any atom is 0.167 e. The summed E-state index contributed by atoms with van der Waals surface area (Å²) in [6.07, 6.45) is 1.77. The first-order valence-electron chi connectivity index (χ1n) is 30.4. The maximum atomic E-state index is 9.19. The topological polar surface area (TPSA) is 72.2 Å². The van der Waals surface area contributed by atoms with Crippen molar-refractivity contribution in [2.45, 2.75) is 38.5 Å². The largest absolute Gasteiger partial charge is 0.456 e. The highest BCUT2D eigenvalue weighted by molar-refractivity contribution is 6.11. The van der Waals surface area contributed by atoms with Crippen LogP contribution in [0, 0.1) is 0 Å². The molecule has 372 valence electrons. The summed E-state index contributed by atoms with van der Waals surface area (Å²) in [6.45, 7) is 8.54. The van der Waals surface area contributed by atoms with Crippen molar-refractivity contribution in [3.8, 4) is 51.0 Å². The summed E-state index contributed by atoms with van der Waals surface area (Å²) in [5.41, 5.74) is 5.50. The molecule has 3 aromatic heterocycles. The van der Waals surface area contributed by atoms with Gasteiger partial charge in [-0.15, -0.1) is 0 Å². The van der Waals surface area contributed by atoms with E-state index in [-0.39, 0.29) is 34.6 Å². The summed E-state index contributed by atoms with van der Waals surface area (Å²) in [4.78, 5) is 24.9. The van der Waals surface area contributed by atoms with Gasteiger partial charge in [0.25, 0.3) is 0 Å². The Hall–Kier alpha value is -9.66. The zero-order valence-electron chi connectivity index (χ0n) is 52.6. The van der Waals surface area contributed by atoms with Crippen LogP contribution < -0.4 is 14.5 Å². The standard InChI is InChI=1S/C69H55N7O/c1-68(2,49-29-13-7-14-30-49)66-71-65(72-67(73-66)69(3,4)50-31-15-8-16-32-50)57-44-56-55-35-17-18-38-58(55)76(63-41-21-22-42-70-63)61(56)45-62(57)77-52-34-23-33-51(43-52)74-46-75(60-40-20-19-39-59(60)74)64-53(47-25-9-5-10-26-47)36-24-37-54(64)48-27-11-6-12-28-48/h5-45H,46H2,1-4H3/i5D,6D,9D,10D,11D,12D,25D,26D,27D,28D. The first-order chi connectivity index (χ1) is 41.8. The fraction of sp³-hybridized carbons (Fsp3) is 0.101. The molecule has 13 rings (SSSR count). The van der Waals surface area contributed by atoms with Gasteiger partial charge in [0, 0.05) is 56.7 Å². The number of ether oxygens (including phenoxy) is 1. The van der Waals surface area contributed by atoms with Gasteiger partial charge in [0.2, 0.25) is 0 Å². The Morgan fingerprint density at radius 1 is 0.481 bits per heavy atom. The van der Waals surface area contributed by atoms with Gasteiger partial charge in [-0.25, -0.2) is 19.9 Å². The molecule has 0 unspecified atom stereocenters. The monoisotopic (exact) mass is 1010 g/mol. The fourth-order valence-corrected chi connectivity index (χ4v) is 10.5. The van der Waals surface area contributed by atoms with Crippen molar-refractivity contribution in [1.82, 2.24) is 24.5 Å². The molecule has 0 spiro atoms. The molecule has 12 aromatic rings. The molecule has 1 aliphatic rings. The van der Waals surface area contributed by atoms with Crippen molar-refractivity contribution in [3.63, 3.8) is 0 Å². The molecule has 0 N–H and O–H groups in total. The van der Waals surface area contributed by atoms with Crippen LogP contribution >= 0.6 is 0 Å². The van der Waals surface area contributed by atoms with Gasteiger partial charge in [0.1, 0.15) is 35.6 Å². The minimum atomic E-state index is -0.681. The summed E-state index contributed by atoms with van der Waals surface area (Å²) in [7, 11) is 0. The van der Waals surface area contributed by atoms with Gasteiger partial charge in [-0.05, 0) is 98.5 Å². The highest BCUT2D eigenvalue weighted by Crippen LogP contribution is 2.51. The van der Waals surface area contributed by atoms with Crippen molar-refractivity contribution in [2.75, 3.05) is 16.5 Å². The van der Waals surface area contributed by atoms with Crippen LogP contribution in [0.2, 0.25) is 0 Å². The Morgan fingerprint density at radius 2 is 1.05 bits per heavy atom. The molecular formula is C69H55N7O. The number of anilines is 4. The molecule has 77 heavy (non-hydrogen) atoms. The number of pyridine rings is 1. The summed E-state index contributed by atoms with van der Waals surface area (Å²) in [5.74, 6) is 3.15. The minimum absolute atomic E-state index is 0.0519. The van der Waals surface area contributed by atoms with E-state index in [0.29, 0.717) is 57.4 Å². The molecule has 1 aliphatic heterocycles. The number of nitrogens with zero attached hydrogens (tertiary/aromatic N) is 7.